The summed E-state index contributed by atoms with van der Waals surface area (Å²) in [5, 5.41) is 0.598. The Morgan fingerprint density at radius 2 is 0.768 bits per heavy atom. The molecule has 0 bridgehead atoms. The SMILES string of the molecule is [2H]c1c([2H])c([2H])c(-c2cc(-c3nc(-c4ccccc4-n4c5c([2H])c([2H])c([2H])c([2H])c5c5c([2H])c([2H])c([2H])c([2H])c54)nc(-n4c5c([2H])c([2H])c([2H])c([2H])c5c5c([2H])c([2H])c([2H])c([2H])c54)n3)c([2H])c([Si](c3ccccc3)(c3ccccc3)c3ccccc3)c2[2H])c([2H])c1[2H]. The molecule has 69 heavy (non-hydrogen) atoms. The molecule has 0 unspecified atom stereocenters. The molecule has 0 atom stereocenters. The number of fused-ring (bicyclic) bond motifs is 6. The van der Waals surface area contributed by atoms with Crippen LogP contribution in [-0.2, 0) is 0 Å². The molecule has 0 amide bonds. The van der Waals surface area contributed by atoms with Gasteiger partial charge < -0.3 is 4.57 Å². The van der Waals surface area contributed by atoms with E-state index < -0.39 is 181 Å². The van der Waals surface area contributed by atoms with Gasteiger partial charge in [0.1, 0.15) is 0 Å². The van der Waals surface area contributed by atoms with E-state index in [2.05, 4.69) is 0 Å². The summed E-state index contributed by atoms with van der Waals surface area (Å²) < 4.78 is 215. The van der Waals surface area contributed by atoms with Crippen molar-refractivity contribution in [2.75, 3.05) is 0 Å². The third kappa shape index (κ3) is 6.64. The molecule has 324 valence electrons. The van der Waals surface area contributed by atoms with Gasteiger partial charge in [-0.3, -0.25) is 4.57 Å². The van der Waals surface area contributed by atoms with E-state index in [-0.39, 0.29) is 60.1 Å². The van der Waals surface area contributed by atoms with Crippen LogP contribution in [0.3, 0.4) is 0 Å². The number of nitrogens with zero attached hydrogens (tertiary/aromatic N) is 5. The Kier molecular flexibility index (Phi) is 5.61. The van der Waals surface area contributed by atoms with E-state index >= 15 is 0 Å². The lowest BCUT2D eigenvalue weighted by Crippen LogP contribution is -2.74. The van der Waals surface area contributed by atoms with Crippen molar-refractivity contribution < 1.29 is 31.5 Å². The van der Waals surface area contributed by atoms with Gasteiger partial charge in [-0.2, -0.15) is 9.97 Å². The number of para-hydroxylation sites is 5. The van der Waals surface area contributed by atoms with Crippen LogP contribution in [0.25, 0.3) is 89.2 Å². The average molecular weight is 921 g/mol. The molecule has 3 aromatic heterocycles. The number of hydrogen-bond donors (Lipinski definition) is 0. The van der Waals surface area contributed by atoms with Gasteiger partial charge in [-0.15, -0.1) is 0 Å². The zero-order valence-corrected chi connectivity index (χ0v) is 36.8. The topological polar surface area (TPSA) is 48.5 Å². The Morgan fingerprint density at radius 3 is 1.29 bits per heavy atom. The zero-order chi connectivity index (χ0) is 65.7. The van der Waals surface area contributed by atoms with Gasteiger partial charge in [-0.05, 0) is 74.2 Å². The molecule has 0 radical (unpaired) electrons. The highest BCUT2D eigenvalue weighted by atomic mass is 28.3. The van der Waals surface area contributed by atoms with Crippen molar-refractivity contribution in [3.8, 4) is 45.5 Å². The smallest absolute Gasteiger partial charge is 0.238 e. The summed E-state index contributed by atoms with van der Waals surface area (Å²) in [5.41, 5.74) is -2.72. The average Bonchev–Trinajstić information content (AvgIpc) is 1.41. The molecule has 10 aromatic carbocycles. The number of benzene rings is 10. The van der Waals surface area contributed by atoms with Crippen LogP contribution in [-0.4, -0.2) is 32.2 Å². The Labute approximate surface area is 433 Å². The molecule has 0 N–H and O–H groups in total. The van der Waals surface area contributed by atoms with Crippen molar-refractivity contribution in [2.45, 2.75) is 0 Å². The van der Waals surface area contributed by atoms with Gasteiger partial charge >= 0.3 is 0 Å². The standard InChI is InChI=1S/C63H43N5Si/c1-5-23-44(24-6-1)45-41-46(43-50(42-45)69(47-25-7-2-8-26-47,48-27-9-3-10-28-48)49-29-11-4-12-30-49)61-64-62(66-63(65-61)68-58-38-20-15-33-53(58)54-34-16-21-39-59(54)68)55-35-17-22-40-60(55)67-56-36-18-13-31-51(56)52-32-14-19-37-57(52)67/h1-43H/i1D,5D,6D,13D,14D,15D,16D,18D,19D,20D,21D,23D,24D,31D,32D,33D,34D,36D,37D,38D,39D,42D,43D. The Morgan fingerprint density at radius 1 is 0.348 bits per heavy atom. The largest absolute Gasteiger partial charge is 0.309 e. The summed E-state index contributed by atoms with van der Waals surface area (Å²) in [6.45, 7) is 0. The molecule has 0 aliphatic heterocycles. The molecule has 0 spiro atoms. The predicted molar refractivity (Wildman–Crippen MR) is 288 cm³/mol. The monoisotopic (exact) mass is 920 g/mol. The predicted octanol–water partition coefficient (Wildman–Crippen LogP) is 12.4. The van der Waals surface area contributed by atoms with Gasteiger partial charge in [0.2, 0.25) is 5.95 Å². The normalized spacial score (nSPS) is 16.4. The number of aromatic nitrogens is 5. The van der Waals surface area contributed by atoms with E-state index in [1.807, 2.05) is 36.4 Å². The lowest BCUT2D eigenvalue weighted by atomic mass is 10.0. The van der Waals surface area contributed by atoms with Crippen LogP contribution >= 0.6 is 0 Å². The first-order valence-corrected chi connectivity index (χ1v) is 23.6. The number of rotatable bonds is 9. The maximum atomic E-state index is 10.9. The van der Waals surface area contributed by atoms with Crippen LogP contribution in [0.15, 0.2) is 260 Å². The first-order valence-electron chi connectivity index (χ1n) is 33.1. The molecule has 0 saturated carbocycles. The van der Waals surface area contributed by atoms with Crippen molar-refractivity contribution >= 4 is 72.4 Å². The van der Waals surface area contributed by atoms with Crippen molar-refractivity contribution in [3.63, 3.8) is 0 Å². The van der Waals surface area contributed by atoms with Crippen LogP contribution < -0.4 is 20.7 Å². The Hall–Kier alpha value is -8.97. The molecule has 13 rings (SSSR count). The second-order valence-corrected chi connectivity index (χ2v) is 19.5. The summed E-state index contributed by atoms with van der Waals surface area (Å²) in [4.78, 5) is 15.1. The molecule has 0 aliphatic rings. The number of hydrogen-bond acceptors (Lipinski definition) is 3. The van der Waals surface area contributed by atoms with Crippen molar-refractivity contribution in [1.82, 2.24) is 24.1 Å². The quantitative estimate of drug-likeness (QED) is 0.107. The molecule has 0 aliphatic carbocycles. The summed E-state index contributed by atoms with van der Waals surface area (Å²) in [7, 11) is -4.19. The second kappa shape index (κ2) is 16.7. The van der Waals surface area contributed by atoms with Crippen molar-refractivity contribution in [2.24, 2.45) is 0 Å². The maximum Gasteiger partial charge on any atom is 0.238 e. The van der Waals surface area contributed by atoms with Crippen molar-refractivity contribution in [1.29, 1.82) is 0 Å². The van der Waals surface area contributed by atoms with Crippen LogP contribution in [0.5, 0.6) is 0 Å². The van der Waals surface area contributed by atoms with Crippen LogP contribution in [0.1, 0.15) is 31.5 Å². The van der Waals surface area contributed by atoms with Crippen LogP contribution in [0, 0.1) is 0 Å². The fourth-order valence-electron chi connectivity index (χ4n) is 9.19. The highest BCUT2D eigenvalue weighted by Gasteiger charge is 2.42. The van der Waals surface area contributed by atoms with E-state index in [1.54, 1.807) is 54.6 Å². The third-order valence-corrected chi connectivity index (χ3v) is 16.7. The van der Waals surface area contributed by atoms with Gasteiger partial charge in [-0.1, -0.05) is 218 Å². The van der Waals surface area contributed by atoms with E-state index in [4.69, 9.17) is 30.0 Å². The second-order valence-electron chi connectivity index (χ2n) is 15.8. The third-order valence-electron chi connectivity index (χ3n) is 12.1. The van der Waals surface area contributed by atoms with E-state index in [0.29, 0.717) is 15.6 Å². The van der Waals surface area contributed by atoms with E-state index in [9.17, 15) is 16.4 Å². The van der Waals surface area contributed by atoms with Crippen molar-refractivity contribution in [3.05, 3.63) is 260 Å². The molecular formula is C63H43N5Si. The minimum absolute atomic E-state index is 0.00188. The highest BCUT2D eigenvalue weighted by Crippen LogP contribution is 2.37. The Bertz CT molecular complexity index is 5120. The minimum Gasteiger partial charge on any atom is -0.309 e. The summed E-state index contributed by atoms with van der Waals surface area (Å²) in [6, 6.07) is 18.4. The summed E-state index contributed by atoms with van der Waals surface area (Å²) in [5.74, 6) is -1.58. The lowest BCUT2D eigenvalue weighted by Gasteiger charge is -2.35. The molecule has 0 saturated heterocycles. The first kappa shape index (κ1) is 23.2. The fraction of sp³-hybridized carbons (Fsp3) is 0. The van der Waals surface area contributed by atoms with Crippen LogP contribution in [0.4, 0.5) is 0 Å². The maximum absolute atomic E-state index is 10.9. The molecule has 5 nitrogen and oxygen atoms in total. The summed E-state index contributed by atoms with van der Waals surface area (Å²) >= 11 is 0. The molecule has 3 heterocycles. The van der Waals surface area contributed by atoms with E-state index in [1.165, 1.54) is 34.9 Å². The van der Waals surface area contributed by atoms with Gasteiger partial charge in [0, 0.05) is 32.7 Å². The molecular weight excluding hydrogens is 855 g/mol. The van der Waals surface area contributed by atoms with Gasteiger partial charge in [0.25, 0.3) is 0 Å². The molecule has 13 aromatic rings. The van der Waals surface area contributed by atoms with Crippen LogP contribution in [0.2, 0.25) is 0 Å². The minimum atomic E-state index is -4.19. The highest BCUT2D eigenvalue weighted by molar-refractivity contribution is 7.20. The van der Waals surface area contributed by atoms with E-state index in [0.717, 1.165) is 4.57 Å². The fourth-order valence-corrected chi connectivity index (χ4v) is 13.8. The lowest BCUT2D eigenvalue weighted by molar-refractivity contribution is 0.952. The van der Waals surface area contributed by atoms with Gasteiger partial charge in [-0.25, -0.2) is 4.98 Å². The zero-order valence-electron chi connectivity index (χ0n) is 58.8. The molecule has 0 fully saturated rings. The van der Waals surface area contributed by atoms with Gasteiger partial charge in [0.15, 0.2) is 19.7 Å². The first-order chi connectivity index (χ1) is 43.8. The Balaban J connectivity index is 1.28. The summed E-state index contributed by atoms with van der Waals surface area (Å²) in [6.07, 6.45) is 0. The van der Waals surface area contributed by atoms with Gasteiger partial charge in [0.05, 0.1) is 59.3 Å². The molecule has 6 heteroatoms.